The van der Waals surface area contributed by atoms with Crippen LogP contribution in [0.3, 0.4) is 0 Å². The zero-order chi connectivity index (χ0) is 17.0. The van der Waals surface area contributed by atoms with Crippen LogP contribution >= 0.6 is 0 Å². The highest BCUT2D eigenvalue weighted by atomic mass is 16.5. The van der Waals surface area contributed by atoms with Crippen LogP contribution in [0, 0.1) is 6.92 Å². The molecule has 0 aliphatic rings. The summed E-state index contributed by atoms with van der Waals surface area (Å²) in [4.78, 5) is 0. The maximum absolute atomic E-state index is 5.39. The molecular weight excluding hydrogens is 294 g/mol. The van der Waals surface area contributed by atoms with Gasteiger partial charge in [-0.05, 0) is 31.5 Å². The van der Waals surface area contributed by atoms with Crippen LogP contribution in [0.2, 0.25) is 0 Å². The van der Waals surface area contributed by atoms with E-state index in [1.165, 1.54) is 5.56 Å². The second-order valence-electron chi connectivity index (χ2n) is 5.45. The first-order chi connectivity index (χ1) is 11.0. The van der Waals surface area contributed by atoms with E-state index < -0.39 is 0 Å². The third-order valence-corrected chi connectivity index (χ3v) is 4.08. The largest absolute Gasteiger partial charge is 0.493 e. The molecule has 0 radical (unpaired) electrons. The van der Waals surface area contributed by atoms with Gasteiger partial charge in [-0.15, -0.1) is 0 Å². The molecule has 1 aromatic carbocycles. The van der Waals surface area contributed by atoms with Crippen molar-refractivity contribution in [3.63, 3.8) is 0 Å². The summed E-state index contributed by atoms with van der Waals surface area (Å²) in [6.45, 7) is 4.88. The summed E-state index contributed by atoms with van der Waals surface area (Å²) in [5.74, 6) is 1.93. The number of rotatable bonds is 7. The van der Waals surface area contributed by atoms with Crippen molar-refractivity contribution in [2.45, 2.75) is 26.4 Å². The lowest BCUT2D eigenvalue weighted by Crippen LogP contribution is -2.18. The molecule has 0 spiro atoms. The van der Waals surface area contributed by atoms with Crippen LogP contribution < -0.4 is 19.5 Å². The Labute approximate surface area is 137 Å². The zero-order valence-corrected chi connectivity index (χ0v) is 14.6. The van der Waals surface area contributed by atoms with Gasteiger partial charge in [0.1, 0.15) is 0 Å². The summed E-state index contributed by atoms with van der Waals surface area (Å²) in [5, 5.41) is 7.79. The molecule has 1 atom stereocenters. The number of benzene rings is 1. The van der Waals surface area contributed by atoms with Crippen LogP contribution in [-0.2, 0) is 13.6 Å². The Kier molecular flexibility index (Phi) is 5.50. The van der Waals surface area contributed by atoms with E-state index in [-0.39, 0.29) is 6.04 Å². The Bertz CT molecular complexity index is 642. The second-order valence-corrected chi connectivity index (χ2v) is 5.45. The van der Waals surface area contributed by atoms with Crippen molar-refractivity contribution in [1.29, 1.82) is 0 Å². The molecule has 0 amide bonds. The maximum Gasteiger partial charge on any atom is 0.203 e. The molecule has 23 heavy (non-hydrogen) atoms. The van der Waals surface area contributed by atoms with E-state index in [2.05, 4.69) is 24.3 Å². The average Bonchev–Trinajstić information content (AvgIpc) is 2.90. The third kappa shape index (κ3) is 3.59. The van der Waals surface area contributed by atoms with E-state index in [4.69, 9.17) is 14.2 Å². The molecule has 0 saturated heterocycles. The van der Waals surface area contributed by atoms with Gasteiger partial charge in [-0.2, -0.15) is 5.10 Å². The fourth-order valence-electron chi connectivity index (χ4n) is 2.56. The van der Waals surface area contributed by atoms with Gasteiger partial charge in [0.2, 0.25) is 5.75 Å². The minimum Gasteiger partial charge on any atom is -0.493 e. The lowest BCUT2D eigenvalue weighted by atomic mass is 10.1. The number of aryl methyl sites for hydroxylation is 1. The molecule has 126 valence electrons. The third-order valence-electron chi connectivity index (χ3n) is 4.08. The number of nitrogens with one attached hydrogen (secondary N) is 1. The second kappa shape index (κ2) is 7.37. The summed E-state index contributed by atoms with van der Waals surface area (Å²) in [5.41, 5.74) is 3.42. The Morgan fingerprint density at radius 3 is 2.17 bits per heavy atom. The van der Waals surface area contributed by atoms with Crippen molar-refractivity contribution in [2.24, 2.45) is 7.05 Å². The zero-order valence-electron chi connectivity index (χ0n) is 14.6. The lowest BCUT2D eigenvalue weighted by Gasteiger charge is -2.17. The van der Waals surface area contributed by atoms with Crippen molar-refractivity contribution in [2.75, 3.05) is 21.3 Å². The van der Waals surface area contributed by atoms with Crippen molar-refractivity contribution in [3.05, 3.63) is 35.2 Å². The predicted octanol–water partition coefficient (Wildman–Crippen LogP) is 2.61. The Morgan fingerprint density at radius 1 is 1.13 bits per heavy atom. The predicted molar refractivity (Wildman–Crippen MR) is 89.3 cm³/mol. The van der Waals surface area contributed by atoms with Crippen molar-refractivity contribution < 1.29 is 14.2 Å². The Hall–Kier alpha value is -2.21. The minimum absolute atomic E-state index is 0.197. The molecule has 2 rings (SSSR count). The van der Waals surface area contributed by atoms with Gasteiger partial charge < -0.3 is 19.5 Å². The molecule has 1 unspecified atom stereocenters. The molecule has 0 fully saturated rings. The SMILES string of the molecule is COc1cc(CNC(C)c2cnn(C)c2C)cc(OC)c1OC. The minimum atomic E-state index is 0.197. The van der Waals surface area contributed by atoms with Crippen LogP contribution in [0.4, 0.5) is 0 Å². The standard InChI is InChI=1S/C17H25N3O3/c1-11(14-10-19-20(3)12(14)2)18-9-13-7-15(21-4)17(23-6)16(8-13)22-5/h7-8,10-11,18H,9H2,1-6H3. The monoisotopic (exact) mass is 319 g/mol. The van der Waals surface area contributed by atoms with Crippen molar-refractivity contribution in [1.82, 2.24) is 15.1 Å². The summed E-state index contributed by atoms with van der Waals surface area (Å²) in [7, 11) is 6.79. The Balaban J connectivity index is 2.15. The quantitative estimate of drug-likeness (QED) is 0.850. The van der Waals surface area contributed by atoms with E-state index in [1.807, 2.05) is 30.1 Å². The number of methoxy groups -OCH3 is 3. The highest BCUT2D eigenvalue weighted by Gasteiger charge is 2.15. The molecule has 6 heteroatoms. The summed E-state index contributed by atoms with van der Waals surface area (Å²) in [6, 6.07) is 4.11. The van der Waals surface area contributed by atoms with Gasteiger partial charge in [-0.1, -0.05) is 0 Å². The van der Waals surface area contributed by atoms with Gasteiger partial charge in [0.15, 0.2) is 11.5 Å². The first-order valence-electron chi connectivity index (χ1n) is 7.52. The van der Waals surface area contributed by atoms with Gasteiger partial charge in [0.05, 0.1) is 27.5 Å². The highest BCUT2D eigenvalue weighted by molar-refractivity contribution is 5.53. The van der Waals surface area contributed by atoms with Crippen molar-refractivity contribution >= 4 is 0 Å². The number of hydrogen-bond acceptors (Lipinski definition) is 5. The lowest BCUT2D eigenvalue weighted by molar-refractivity contribution is 0.323. The first kappa shape index (κ1) is 17.1. The van der Waals surface area contributed by atoms with E-state index in [9.17, 15) is 0 Å². The smallest absolute Gasteiger partial charge is 0.203 e. The van der Waals surface area contributed by atoms with Crippen LogP contribution in [0.15, 0.2) is 18.3 Å². The molecule has 1 N–H and O–H groups in total. The van der Waals surface area contributed by atoms with Crippen LogP contribution in [0.5, 0.6) is 17.2 Å². The highest BCUT2D eigenvalue weighted by Crippen LogP contribution is 2.38. The maximum atomic E-state index is 5.39. The molecule has 1 aromatic heterocycles. The van der Waals surface area contributed by atoms with E-state index in [1.54, 1.807) is 21.3 Å². The summed E-state index contributed by atoms with van der Waals surface area (Å²) >= 11 is 0. The van der Waals surface area contributed by atoms with E-state index in [0.29, 0.717) is 23.8 Å². The molecular formula is C17H25N3O3. The number of nitrogens with zero attached hydrogens (tertiary/aromatic N) is 2. The van der Waals surface area contributed by atoms with Gasteiger partial charge >= 0.3 is 0 Å². The van der Waals surface area contributed by atoms with Crippen LogP contribution in [0.25, 0.3) is 0 Å². The topological polar surface area (TPSA) is 57.5 Å². The summed E-state index contributed by atoms with van der Waals surface area (Å²) in [6.07, 6.45) is 1.90. The molecule has 0 saturated carbocycles. The number of hydrogen-bond donors (Lipinski definition) is 1. The van der Waals surface area contributed by atoms with Gasteiger partial charge in [0, 0.05) is 30.9 Å². The number of aromatic nitrogens is 2. The molecule has 0 aliphatic heterocycles. The van der Waals surface area contributed by atoms with Gasteiger partial charge in [-0.25, -0.2) is 0 Å². The van der Waals surface area contributed by atoms with E-state index in [0.717, 1.165) is 11.3 Å². The van der Waals surface area contributed by atoms with Crippen LogP contribution in [-0.4, -0.2) is 31.1 Å². The molecule has 2 aromatic rings. The van der Waals surface area contributed by atoms with Gasteiger partial charge in [0.25, 0.3) is 0 Å². The normalized spacial score (nSPS) is 12.1. The van der Waals surface area contributed by atoms with Crippen LogP contribution in [0.1, 0.15) is 29.8 Å². The first-order valence-corrected chi connectivity index (χ1v) is 7.52. The summed E-state index contributed by atoms with van der Waals surface area (Å²) < 4.78 is 18.0. The van der Waals surface area contributed by atoms with Crippen molar-refractivity contribution in [3.8, 4) is 17.2 Å². The van der Waals surface area contributed by atoms with Gasteiger partial charge in [-0.3, -0.25) is 4.68 Å². The molecule has 0 aliphatic carbocycles. The van der Waals surface area contributed by atoms with E-state index >= 15 is 0 Å². The average molecular weight is 319 g/mol. The fourth-order valence-corrected chi connectivity index (χ4v) is 2.56. The fraction of sp³-hybridized carbons (Fsp3) is 0.471. The molecule has 0 bridgehead atoms. The number of ether oxygens (including phenoxy) is 3. The molecule has 1 heterocycles. The Morgan fingerprint density at radius 2 is 1.74 bits per heavy atom. The molecule has 6 nitrogen and oxygen atoms in total.